The van der Waals surface area contributed by atoms with Crippen LogP contribution in [0.2, 0.25) is 0 Å². The van der Waals surface area contributed by atoms with Crippen LogP contribution < -0.4 is 15.6 Å². The largest absolute Gasteiger partial charge is 0.506 e. The van der Waals surface area contributed by atoms with Crippen LogP contribution in [0.5, 0.6) is 0 Å². The second-order valence-electron chi connectivity index (χ2n) is 5.61. The molecule has 0 spiro atoms. The van der Waals surface area contributed by atoms with Crippen molar-refractivity contribution in [3.05, 3.63) is 91.0 Å². The Balaban J connectivity index is 2.30. The molecule has 0 aliphatic heterocycles. The van der Waals surface area contributed by atoms with Crippen molar-refractivity contribution in [2.24, 2.45) is 0 Å². The second kappa shape index (κ2) is 7.28. The maximum absolute atomic E-state index is 12.4. The monoisotopic (exact) mass is 332 g/mol. The SMILES string of the molecule is CCC(=O)O[Si](c1ccccc1)(c1ccccc1)c1ccccc1. The van der Waals surface area contributed by atoms with E-state index in [-0.39, 0.29) is 5.97 Å². The van der Waals surface area contributed by atoms with Gasteiger partial charge in [0, 0.05) is 6.42 Å². The van der Waals surface area contributed by atoms with Gasteiger partial charge in [0.15, 0.2) is 0 Å². The lowest BCUT2D eigenvalue weighted by Gasteiger charge is -2.32. The van der Waals surface area contributed by atoms with E-state index < -0.39 is 8.32 Å². The average molecular weight is 332 g/mol. The van der Waals surface area contributed by atoms with Gasteiger partial charge in [-0.05, 0) is 15.6 Å². The van der Waals surface area contributed by atoms with Gasteiger partial charge in [0.25, 0.3) is 5.97 Å². The Bertz CT molecular complexity index is 689. The zero-order valence-corrected chi connectivity index (χ0v) is 14.7. The van der Waals surface area contributed by atoms with Gasteiger partial charge in [-0.15, -0.1) is 0 Å². The predicted molar refractivity (Wildman–Crippen MR) is 100 cm³/mol. The van der Waals surface area contributed by atoms with Gasteiger partial charge in [0.2, 0.25) is 0 Å². The van der Waals surface area contributed by atoms with E-state index >= 15 is 0 Å². The van der Waals surface area contributed by atoms with Gasteiger partial charge in [0.05, 0.1) is 0 Å². The van der Waals surface area contributed by atoms with Crippen molar-refractivity contribution >= 4 is 29.8 Å². The Hall–Kier alpha value is -2.65. The standard InChI is InChI=1S/C21H20O2Si/c1-2-21(22)23-24(18-12-6-3-7-13-18,19-14-8-4-9-15-19)20-16-10-5-11-17-20/h3-17H,2H2,1H3. The minimum Gasteiger partial charge on any atom is -0.506 e. The van der Waals surface area contributed by atoms with Crippen molar-refractivity contribution in [3.8, 4) is 0 Å². The molecule has 3 heteroatoms. The molecule has 0 aromatic heterocycles. The van der Waals surface area contributed by atoms with Gasteiger partial charge < -0.3 is 4.43 Å². The molecule has 0 aliphatic rings. The smallest absolute Gasteiger partial charge is 0.350 e. The Labute approximate surface area is 143 Å². The quantitative estimate of drug-likeness (QED) is 0.530. The van der Waals surface area contributed by atoms with Crippen molar-refractivity contribution in [2.75, 3.05) is 0 Å². The van der Waals surface area contributed by atoms with Gasteiger partial charge >= 0.3 is 8.32 Å². The zero-order chi connectivity index (χ0) is 16.8. The highest BCUT2D eigenvalue weighted by Crippen LogP contribution is 2.10. The Morgan fingerprint density at radius 1 is 0.708 bits per heavy atom. The van der Waals surface area contributed by atoms with Crippen LogP contribution in [0.25, 0.3) is 0 Å². The van der Waals surface area contributed by atoms with Crippen LogP contribution in [-0.2, 0) is 9.22 Å². The van der Waals surface area contributed by atoms with Crippen LogP contribution in [0.3, 0.4) is 0 Å². The summed E-state index contributed by atoms with van der Waals surface area (Å²) in [5, 5.41) is 3.22. The van der Waals surface area contributed by atoms with E-state index in [2.05, 4.69) is 36.4 Å². The Morgan fingerprint density at radius 2 is 1.04 bits per heavy atom. The van der Waals surface area contributed by atoms with Crippen LogP contribution in [-0.4, -0.2) is 14.3 Å². The number of carbonyl (C=O) groups excluding carboxylic acids is 1. The highest BCUT2D eigenvalue weighted by atomic mass is 28.4. The molecule has 24 heavy (non-hydrogen) atoms. The third-order valence-electron chi connectivity index (χ3n) is 4.10. The van der Waals surface area contributed by atoms with Crippen LogP contribution in [0.4, 0.5) is 0 Å². The first-order chi connectivity index (χ1) is 11.8. The van der Waals surface area contributed by atoms with E-state index in [0.717, 1.165) is 15.6 Å². The van der Waals surface area contributed by atoms with E-state index in [0.29, 0.717) is 6.42 Å². The molecule has 3 aromatic carbocycles. The molecular weight excluding hydrogens is 312 g/mol. The minimum atomic E-state index is -2.86. The first-order valence-electron chi connectivity index (χ1n) is 8.16. The van der Waals surface area contributed by atoms with Crippen molar-refractivity contribution in [3.63, 3.8) is 0 Å². The summed E-state index contributed by atoms with van der Waals surface area (Å²) in [6, 6.07) is 30.4. The molecule has 0 atom stereocenters. The zero-order valence-electron chi connectivity index (χ0n) is 13.7. The van der Waals surface area contributed by atoms with Crippen LogP contribution in [0, 0.1) is 0 Å². The molecule has 0 fully saturated rings. The Morgan fingerprint density at radius 3 is 1.33 bits per heavy atom. The highest BCUT2D eigenvalue weighted by molar-refractivity contribution is 7.07. The van der Waals surface area contributed by atoms with Crippen molar-refractivity contribution < 1.29 is 9.22 Å². The van der Waals surface area contributed by atoms with E-state index in [9.17, 15) is 4.79 Å². The molecule has 0 bridgehead atoms. The molecular formula is C21H20O2Si. The molecule has 0 unspecified atom stereocenters. The first kappa shape index (κ1) is 16.2. The molecule has 0 N–H and O–H groups in total. The molecule has 3 rings (SSSR count). The van der Waals surface area contributed by atoms with Gasteiger partial charge in [-0.25, -0.2) is 0 Å². The molecule has 0 radical (unpaired) electrons. The minimum absolute atomic E-state index is 0.168. The summed E-state index contributed by atoms with van der Waals surface area (Å²) in [7, 11) is -2.86. The van der Waals surface area contributed by atoms with Crippen molar-refractivity contribution in [2.45, 2.75) is 13.3 Å². The molecule has 2 nitrogen and oxygen atoms in total. The third-order valence-corrected chi connectivity index (χ3v) is 8.07. The molecule has 0 amide bonds. The van der Waals surface area contributed by atoms with E-state index in [4.69, 9.17) is 4.43 Å². The summed E-state index contributed by atoms with van der Waals surface area (Å²) in [6.07, 6.45) is 0.362. The Kier molecular flexibility index (Phi) is 4.92. The van der Waals surface area contributed by atoms with Crippen molar-refractivity contribution in [1.29, 1.82) is 0 Å². The maximum atomic E-state index is 12.4. The summed E-state index contributed by atoms with van der Waals surface area (Å²) >= 11 is 0. The van der Waals surface area contributed by atoms with E-state index in [1.54, 1.807) is 0 Å². The summed E-state index contributed by atoms with van der Waals surface area (Å²) < 4.78 is 6.25. The topological polar surface area (TPSA) is 26.3 Å². The summed E-state index contributed by atoms with van der Waals surface area (Å²) in [6.45, 7) is 1.84. The summed E-state index contributed by atoms with van der Waals surface area (Å²) in [4.78, 5) is 12.4. The molecule has 0 saturated carbocycles. The van der Waals surface area contributed by atoms with Crippen molar-refractivity contribution in [1.82, 2.24) is 0 Å². The second-order valence-corrected chi connectivity index (χ2v) is 8.91. The van der Waals surface area contributed by atoms with Gasteiger partial charge in [-0.3, -0.25) is 4.79 Å². The fourth-order valence-electron chi connectivity index (χ4n) is 2.94. The van der Waals surface area contributed by atoms with Gasteiger partial charge in [0.1, 0.15) is 0 Å². The normalized spacial score (nSPS) is 11.0. The number of hydrogen-bond acceptors (Lipinski definition) is 2. The molecule has 3 aromatic rings. The van der Waals surface area contributed by atoms with Crippen LogP contribution in [0.15, 0.2) is 91.0 Å². The van der Waals surface area contributed by atoms with Crippen LogP contribution >= 0.6 is 0 Å². The molecule has 0 saturated heterocycles. The van der Waals surface area contributed by atoms with E-state index in [1.165, 1.54) is 0 Å². The van der Waals surface area contributed by atoms with E-state index in [1.807, 2.05) is 61.5 Å². The lowest BCUT2D eigenvalue weighted by atomic mass is 10.3. The number of benzene rings is 3. The molecule has 120 valence electrons. The fourth-order valence-corrected chi connectivity index (χ4v) is 6.76. The van der Waals surface area contributed by atoms with Gasteiger partial charge in [-0.2, -0.15) is 0 Å². The summed E-state index contributed by atoms with van der Waals surface area (Å²) in [5.74, 6) is -0.168. The van der Waals surface area contributed by atoms with Crippen LogP contribution in [0.1, 0.15) is 13.3 Å². The third kappa shape index (κ3) is 3.03. The lowest BCUT2D eigenvalue weighted by molar-refractivity contribution is -0.134. The molecule has 0 aliphatic carbocycles. The fraction of sp³-hybridized carbons (Fsp3) is 0.0952. The first-order valence-corrected chi connectivity index (χ1v) is 10.1. The number of rotatable bonds is 5. The maximum Gasteiger partial charge on any atom is 0.350 e. The predicted octanol–water partition coefficient (Wildman–Crippen LogP) is 2.61. The number of hydrogen-bond donors (Lipinski definition) is 0. The number of carbonyl (C=O) groups is 1. The lowest BCUT2D eigenvalue weighted by Crippen LogP contribution is -2.70. The molecule has 0 heterocycles. The summed E-state index contributed by atoms with van der Waals surface area (Å²) in [5.41, 5.74) is 0. The van der Waals surface area contributed by atoms with Gasteiger partial charge in [-0.1, -0.05) is 97.9 Å². The average Bonchev–Trinajstić information content (AvgIpc) is 2.68. The highest BCUT2D eigenvalue weighted by Gasteiger charge is 2.44.